The molecule has 0 saturated carbocycles. The molecule has 0 aliphatic heterocycles. The smallest absolute Gasteiger partial charge is 0.269 e. The Hall–Kier alpha value is -3.62. The van der Waals surface area contributed by atoms with Crippen molar-refractivity contribution < 1.29 is 28.2 Å². The van der Waals surface area contributed by atoms with Crippen LogP contribution in [0.4, 0.5) is 4.39 Å². The molecule has 0 fully saturated rings. The molecule has 3 N–H and O–H groups in total. The molecule has 1 atom stereocenters. The van der Waals surface area contributed by atoms with Gasteiger partial charge < -0.3 is 14.8 Å². The van der Waals surface area contributed by atoms with E-state index in [0.29, 0.717) is 11.5 Å². The second-order valence-corrected chi connectivity index (χ2v) is 6.75. The number of hydrogen-bond donors (Lipinski definition) is 3. The average molecular weight is 417 g/mol. The maximum absolute atomic E-state index is 13.0. The number of amides is 3. The van der Waals surface area contributed by atoms with Gasteiger partial charge in [0, 0.05) is 17.2 Å². The van der Waals surface area contributed by atoms with Crippen LogP contribution in [0.3, 0.4) is 0 Å². The fraction of sp³-hybridized carbons (Fsp3) is 0.286. The molecule has 3 amide bonds. The Labute approximate surface area is 173 Å². The first-order chi connectivity index (χ1) is 14.2. The largest absolute Gasteiger partial charge is 0.497 e. The maximum atomic E-state index is 13.0. The highest BCUT2D eigenvalue weighted by atomic mass is 19.1. The first-order valence-electron chi connectivity index (χ1n) is 9.14. The summed E-state index contributed by atoms with van der Waals surface area (Å²) in [7, 11) is 2.91. The summed E-state index contributed by atoms with van der Waals surface area (Å²) in [6, 6.07) is 8.60. The highest BCUT2D eigenvalue weighted by Crippen LogP contribution is 2.22. The van der Waals surface area contributed by atoms with Crippen molar-refractivity contribution >= 4 is 17.7 Å². The molecule has 0 saturated heterocycles. The Morgan fingerprint density at radius 2 is 1.40 bits per heavy atom. The zero-order valence-electron chi connectivity index (χ0n) is 17.1. The van der Waals surface area contributed by atoms with Crippen molar-refractivity contribution in [1.82, 2.24) is 16.2 Å². The van der Waals surface area contributed by atoms with E-state index in [0.717, 1.165) is 12.1 Å². The Bertz CT molecular complexity index is 893. The SMILES string of the molecule is COc1cc(OC)cc(C(=O)NNC(=O)[C@@H](NC(=O)c2ccc(F)cc2)C(C)C)c1. The number of rotatable bonds is 7. The number of nitrogens with one attached hydrogen (secondary N) is 3. The molecule has 8 nitrogen and oxygen atoms in total. The average Bonchev–Trinajstić information content (AvgIpc) is 2.75. The van der Waals surface area contributed by atoms with Crippen molar-refractivity contribution in [3.63, 3.8) is 0 Å². The fourth-order valence-corrected chi connectivity index (χ4v) is 2.57. The fourth-order valence-electron chi connectivity index (χ4n) is 2.57. The van der Waals surface area contributed by atoms with E-state index in [4.69, 9.17) is 9.47 Å². The molecule has 0 aliphatic rings. The van der Waals surface area contributed by atoms with Crippen LogP contribution < -0.4 is 25.6 Å². The molecule has 0 aliphatic carbocycles. The van der Waals surface area contributed by atoms with Gasteiger partial charge in [-0.3, -0.25) is 25.2 Å². The molecule has 0 spiro atoms. The molecule has 30 heavy (non-hydrogen) atoms. The van der Waals surface area contributed by atoms with Gasteiger partial charge in [-0.15, -0.1) is 0 Å². The summed E-state index contributed by atoms with van der Waals surface area (Å²) < 4.78 is 23.3. The first-order valence-corrected chi connectivity index (χ1v) is 9.14. The van der Waals surface area contributed by atoms with Gasteiger partial charge in [0.2, 0.25) is 0 Å². The van der Waals surface area contributed by atoms with Crippen molar-refractivity contribution in [2.45, 2.75) is 19.9 Å². The van der Waals surface area contributed by atoms with E-state index in [2.05, 4.69) is 16.2 Å². The highest BCUT2D eigenvalue weighted by molar-refractivity contribution is 5.99. The van der Waals surface area contributed by atoms with Gasteiger partial charge in [-0.25, -0.2) is 4.39 Å². The summed E-state index contributed by atoms with van der Waals surface area (Å²) in [6.07, 6.45) is 0. The molecular formula is C21H24FN3O5. The molecule has 0 aromatic heterocycles. The van der Waals surface area contributed by atoms with E-state index in [1.807, 2.05) is 0 Å². The molecule has 2 aromatic rings. The molecular weight excluding hydrogens is 393 g/mol. The number of hydrogen-bond acceptors (Lipinski definition) is 5. The minimum absolute atomic E-state index is 0.211. The van der Waals surface area contributed by atoms with Crippen LogP contribution in [-0.4, -0.2) is 38.0 Å². The Balaban J connectivity index is 2.03. The summed E-state index contributed by atoms with van der Waals surface area (Å²) in [5, 5.41) is 2.59. The minimum atomic E-state index is -0.928. The third kappa shape index (κ3) is 5.94. The number of carbonyl (C=O) groups is 3. The van der Waals surface area contributed by atoms with E-state index in [1.165, 1.54) is 38.5 Å². The van der Waals surface area contributed by atoms with Crippen LogP contribution >= 0.6 is 0 Å². The lowest BCUT2D eigenvalue weighted by Gasteiger charge is -2.22. The van der Waals surface area contributed by atoms with Gasteiger partial charge in [0.05, 0.1) is 14.2 Å². The molecule has 2 aromatic carbocycles. The second-order valence-electron chi connectivity index (χ2n) is 6.75. The molecule has 160 valence electrons. The van der Waals surface area contributed by atoms with Crippen LogP contribution in [0.5, 0.6) is 11.5 Å². The summed E-state index contributed by atoms with van der Waals surface area (Å²) >= 11 is 0. The number of ether oxygens (including phenoxy) is 2. The predicted molar refractivity (Wildman–Crippen MR) is 108 cm³/mol. The first kappa shape index (κ1) is 22.7. The monoisotopic (exact) mass is 417 g/mol. The number of carbonyl (C=O) groups excluding carboxylic acids is 3. The van der Waals surface area contributed by atoms with Crippen molar-refractivity contribution in [2.75, 3.05) is 14.2 Å². The summed E-state index contributed by atoms with van der Waals surface area (Å²) in [5.74, 6) is -1.65. The lowest BCUT2D eigenvalue weighted by molar-refractivity contribution is -0.124. The van der Waals surface area contributed by atoms with E-state index >= 15 is 0 Å². The zero-order valence-corrected chi connectivity index (χ0v) is 17.1. The normalized spacial score (nSPS) is 11.4. The predicted octanol–water partition coefficient (Wildman–Crippen LogP) is 2.06. The summed E-state index contributed by atoms with van der Waals surface area (Å²) in [4.78, 5) is 37.3. The van der Waals surface area contributed by atoms with Crippen LogP contribution in [0.15, 0.2) is 42.5 Å². The Morgan fingerprint density at radius 1 is 0.833 bits per heavy atom. The van der Waals surface area contributed by atoms with Gasteiger partial charge in [0.25, 0.3) is 17.7 Å². The third-order valence-electron chi connectivity index (χ3n) is 4.26. The molecule has 0 unspecified atom stereocenters. The van der Waals surface area contributed by atoms with Crippen LogP contribution in [0.2, 0.25) is 0 Å². The van der Waals surface area contributed by atoms with E-state index < -0.39 is 29.6 Å². The number of benzene rings is 2. The van der Waals surface area contributed by atoms with Crippen molar-refractivity contribution in [3.05, 3.63) is 59.4 Å². The van der Waals surface area contributed by atoms with Gasteiger partial charge in [0.15, 0.2) is 0 Å². The van der Waals surface area contributed by atoms with Crippen molar-refractivity contribution in [1.29, 1.82) is 0 Å². The molecule has 0 radical (unpaired) electrons. The lowest BCUT2D eigenvalue weighted by Crippen LogP contribution is -2.54. The molecule has 9 heteroatoms. The number of methoxy groups -OCH3 is 2. The van der Waals surface area contributed by atoms with E-state index in [9.17, 15) is 18.8 Å². The Kier molecular flexibility index (Phi) is 7.74. The highest BCUT2D eigenvalue weighted by Gasteiger charge is 2.25. The summed E-state index contributed by atoms with van der Waals surface area (Å²) in [5.41, 5.74) is 5.04. The van der Waals surface area contributed by atoms with Crippen molar-refractivity contribution in [2.24, 2.45) is 5.92 Å². The quantitative estimate of drug-likeness (QED) is 0.598. The number of halogens is 1. The third-order valence-corrected chi connectivity index (χ3v) is 4.26. The van der Waals surface area contributed by atoms with Crippen LogP contribution in [0.1, 0.15) is 34.6 Å². The summed E-state index contributed by atoms with van der Waals surface area (Å²) in [6.45, 7) is 3.48. The van der Waals surface area contributed by atoms with Gasteiger partial charge in [-0.05, 0) is 42.3 Å². The topological polar surface area (TPSA) is 106 Å². The van der Waals surface area contributed by atoms with E-state index in [1.54, 1.807) is 19.9 Å². The molecule has 2 rings (SSSR count). The van der Waals surface area contributed by atoms with Crippen LogP contribution in [0.25, 0.3) is 0 Å². The van der Waals surface area contributed by atoms with Gasteiger partial charge in [-0.2, -0.15) is 0 Å². The van der Waals surface area contributed by atoms with Gasteiger partial charge in [-0.1, -0.05) is 13.8 Å². The van der Waals surface area contributed by atoms with Crippen LogP contribution in [-0.2, 0) is 4.79 Å². The lowest BCUT2D eigenvalue weighted by atomic mass is 10.0. The Morgan fingerprint density at radius 3 is 1.90 bits per heavy atom. The van der Waals surface area contributed by atoms with Gasteiger partial charge >= 0.3 is 0 Å². The van der Waals surface area contributed by atoms with Crippen LogP contribution in [0, 0.1) is 11.7 Å². The molecule has 0 heterocycles. The van der Waals surface area contributed by atoms with Crippen molar-refractivity contribution in [3.8, 4) is 11.5 Å². The molecule has 0 bridgehead atoms. The zero-order chi connectivity index (χ0) is 22.3. The minimum Gasteiger partial charge on any atom is -0.497 e. The van der Waals surface area contributed by atoms with Gasteiger partial charge in [0.1, 0.15) is 23.4 Å². The standard InChI is InChI=1S/C21H24FN3O5/c1-12(2)18(23-19(26)13-5-7-15(22)8-6-13)21(28)25-24-20(27)14-9-16(29-3)11-17(10-14)30-4/h5-12,18H,1-4H3,(H,23,26)(H,24,27)(H,25,28)/t18-/m0/s1. The van der Waals surface area contributed by atoms with E-state index in [-0.39, 0.29) is 17.0 Å². The number of hydrazine groups is 1. The second kappa shape index (κ2) is 10.2. The maximum Gasteiger partial charge on any atom is 0.269 e.